The van der Waals surface area contributed by atoms with Gasteiger partial charge in [0.1, 0.15) is 5.60 Å². The first-order valence-electron chi connectivity index (χ1n) is 11.2. The van der Waals surface area contributed by atoms with Crippen molar-refractivity contribution in [1.29, 1.82) is 0 Å². The molecule has 0 unspecified atom stereocenters. The van der Waals surface area contributed by atoms with Gasteiger partial charge in [0.15, 0.2) is 0 Å². The molecule has 6 nitrogen and oxygen atoms in total. The Kier molecular flexibility index (Phi) is 9.28. The summed E-state index contributed by atoms with van der Waals surface area (Å²) in [6, 6.07) is 13.9. The number of ether oxygens (including phenoxy) is 1. The van der Waals surface area contributed by atoms with Crippen molar-refractivity contribution in [1.82, 2.24) is 0 Å². The molecule has 0 aliphatic rings. The maximum absolute atomic E-state index is 13.2. The first-order valence-corrected chi connectivity index (χ1v) is 12.6. The van der Waals surface area contributed by atoms with E-state index in [1.807, 2.05) is 30.3 Å². The van der Waals surface area contributed by atoms with E-state index in [1.54, 1.807) is 26.8 Å². The van der Waals surface area contributed by atoms with Gasteiger partial charge in [0.05, 0.1) is 17.1 Å². The van der Waals surface area contributed by atoms with E-state index in [-0.39, 0.29) is 11.4 Å². The zero-order chi connectivity index (χ0) is 23.8. The minimum atomic E-state index is -4.42. The van der Waals surface area contributed by atoms with Crippen molar-refractivity contribution in [3.05, 3.63) is 59.7 Å². The van der Waals surface area contributed by atoms with Gasteiger partial charge in [0.2, 0.25) is 0 Å². The molecule has 1 amide bonds. The Morgan fingerprint density at radius 3 is 2.25 bits per heavy atom. The fourth-order valence-corrected chi connectivity index (χ4v) is 3.92. The highest BCUT2D eigenvalue weighted by Crippen LogP contribution is 2.29. The highest BCUT2D eigenvalue weighted by Gasteiger charge is 2.26. The Bertz CT molecular complexity index is 981. The molecule has 0 atom stereocenters. The lowest BCUT2D eigenvalue weighted by Crippen LogP contribution is -2.37. The van der Waals surface area contributed by atoms with Crippen LogP contribution in [0.15, 0.2) is 53.4 Å². The average Bonchev–Trinajstić information content (AvgIpc) is 2.71. The van der Waals surface area contributed by atoms with Crippen LogP contribution in [-0.4, -0.2) is 24.7 Å². The number of aryl methyl sites for hydroxylation is 1. The van der Waals surface area contributed by atoms with E-state index in [0.29, 0.717) is 12.1 Å². The summed E-state index contributed by atoms with van der Waals surface area (Å²) in [7, 11) is -4.42. The second-order valence-corrected chi connectivity index (χ2v) is 10.4. The largest absolute Gasteiger partial charge is 0.443 e. The summed E-state index contributed by atoms with van der Waals surface area (Å²) in [5.41, 5.74) is 1.45. The van der Waals surface area contributed by atoms with Gasteiger partial charge in [-0.15, -0.1) is 0 Å². The maximum Gasteiger partial charge on any atom is 0.415 e. The Balaban J connectivity index is 2.47. The highest BCUT2D eigenvalue weighted by molar-refractivity contribution is 7.85. The highest BCUT2D eigenvalue weighted by atomic mass is 32.2. The van der Waals surface area contributed by atoms with Crippen LogP contribution >= 0.6 is 0 Å². The summed E-state index contributed by atoms with van der Waals surface area (Å²) in [5.74, 6) is 0. The van der Waals surface area contributed by atoms with Crippen molar-refractivity contribution in [3.8, 4) is 0 Å². The molecule has 2 rings (SSSR count). The standard InChI is InChI=1S/C25H35NO5S/c1-5-6-7-8-12-15-21-16-17-22(32(28,29)30)18-23(21)26(24(27)31-25(2,3)4)19-20-13-10-9-11-14-20/h9-11,13-14,16-18H,5-8,12,15,19H2,1-4H3,(H,28,29,30). The first-order chi connectivity index (χ1) is 15.0. The normalized spacial score (nSPS) is 11.9. The molecule has 0 radical (unpaired) electrons. The third kappa shape index (κ3) is 8.28. The van der Waals surface area contributed by atoms with E-state index in [1.165, 1.54) is 23.5 Å². The molecule has 2 aromatic carbocycles. The molecule has 0 fully saturated rings. The molecule has 0 aliphatic carbocycles. The first kappa shape index (κ1) is 25.9. The summed E-state index contributed by atoms with van der Waals surface area (Å²) in [6.45, 7) is 7.74. The number of unbranched alkanes of at least 4 members (excludes halogenated alkanes) is 4. The lowest BCUT2D eigenvalue weighted by Gasteiger charge is -2.29. The lowest BCUT2D eigenvalue weighted by atomic mass is 10.0. The molecule has 0 saturated heterocycles. The van der Waals surface area contributed by atoms with Crippen LogP contribution in [0.25, 0.3) is 0 Å². The number of rotatable bonds is 10. The molecule has 0 heterocycles. The van der Waals surface area contributed by atoms with Gasteiger partial charge < -0.3 is 4.74 Å². The number of benzene rings is 2. The number of carbonyl (C=O) groups excluding carboxylic acids is 1. The average molecular weight is 462 g/mol. The van der Waals surface area contributed by atoms with Gasteiger partial charge in [-0.25, -0.2) is 4.79 Å². The van der Waals surface area contributed by atoms with E-state index >= 15 is 0 Å². The van der Waals surface area contributed by atoms with E-state index in [4.69, 9.17) is 4.74 Å². The Hall–Kier alpha value is -2.38. The van der Waals surface area contributed by atoms with Crippen LogP contribution in [0.1, 0.15) is 70.9 Å². The number of nitrogens with zero attached hydrogens (tertiary/aromatic N) is 1. The summed E-state index contributed by atoms with van der Waals surface area (Å²) in [5, 5.41) is 0. The van der Waals surface area contributed by atoms with E-state index in [2.05, 4.69) is 6.92 Å². The van der Waals surface area contributed by atoms with Gasteiger partial charge in [-0.05, 0) is 56.9 Å². The van der Waals surface area contributed by atoms with Gasteiger partial charge >= 0.3 is 6.09 Å². The molecule has 2 aromatic rings. The van der Waals surface area contributed by atoms with Crippen LogP contribution in [0.5, 0.6) is 0 Å². The van der Waals surface area contributed by atoms with Gasteiger partial charge in [-0.2, -0.15) is 8.42 Å². The number of anilines is 1. The van der Waals surface area contributed by atoms with Crippen LogP contribution < -0.4 is 4.90 Å². The van der Waals surface area contributed by atoms with E-state index in [9.17, 15) is 17.8 Å². The number of hydrogen-bond acceptors (Lipinski definition) is 4. The van der Waals surface area contributed by atoms with E-state index < -0.39 is 21.8 Å². The van der Waals surface area contributed by atoms with Crippen molar-refractivity contribution < 1.29 is 22.5 Å². The molecule has 176 valence electrons. The minimum Gasteiger partial charge on any atom is -0.443 e. The third-order valence-corrected chi connectivity index (χ3v) is 5.84. The maximum atomic E-state index is 13.2. The van der Waals surface area contributed by atoms with E-state index in [0.717, 1.165) is 36.8 Å². The summed E-state index contributed by atoms with van der Waals surface area (Å²) >= 11 is 0. The monoisotopic (exact) mass is 461 g/mol. The third-order valence-electron chi connectivity index (χ3n) is 4.99. The molecule has 7 heteroatoms. The fourth-order valence-electron chi connectivity index (χ4n) is 3.42. The Morgan fingerprint density at radius 2 is 1.66 bits per heavy atom. The van der Waals surface area contributed by atoms with Crippen LogP contribution in [0.4, 0.5) is 10.5 Å². The topological polar surface area (TPSA) is 83.9 Å². The van der Waals surface area contributed by atoms with Gasteiger partial charge in [0, 0.05) is 0 Å². The number of carbonyl (C=O) groups is 1. The van der Waals surface area contributed by atoms with Crippen LogP contribution in [-0.2, 0) is 27.8 Å². The van der Waals surface area contributed by atoms with Crippen LogP contribution in [0, 0.1) is 0 Å². The van der Waals surface area contributed by atoms with Gasteiger partial charge in [0.25, 0.3) is 10.1 Å². The molecule has 0 bridgehead atoms. The van der Waals surface area contributed by atoms with Crippen molar-refractivity contribution in [3.63, 3.8) is 0 Å². The minimum absolute atomic E-state index is 0.216. The molecule has 1 N–H and O–H groups in total. The van der Waals surface area contributed by atoms with Gasteiger partial charge in [-0.3, -0.25) is 9.45 Å². The molecular weight excluding hydrogens is 426 g/mol. The lowest BCUT2D eigenvalue weighted by molar-refractivity contribution is 0.0577. The molecule has 0 aromatic heterocycles. The SMILES string of the molecule is CCCCCCCc1ccc(S(=O)(=O)O)cc1N(Cc1ccccc1)C(=O)OC(C)(C)C. The second-order valence-electron chi connectivity index (χ2n) is 8.98. The molecule has 0 saturated carbocycles. The molecular formula is C25H35NO5S. The molecule has 0 aliphatic heterocycles. The molecule has 32 heavy (non-hydrogen) atoms. The summed E-state index contributed by atoms with van der Waals surface area (Å²) < 4.78 is 38.9. The number of hydrogen-bond donors (Lipinski definition) is 1. The van der Waals surface area contributed by atoms with Crippen molar-refractivity contribution in [2.45, 2.75) is 83.3 Å². The van der Waals surface area contributed by atoms with Crippen molar-refractivity contribution in [2.24, 2.45) is 0 Å². The Labute approximate surface area is 192 Å². The predicted molar refractivity (Wildman–Crippen MR) is 128 cm³/mol. The quantitative estimate of drug-likeness (QED) is 0.327. The fraction of sp³-hybridized carbons (Fsp3) is 0.480. The Morgan fingerprint density at radius 1 is 1.00 bits per heavy atom. The summed E-state index contributed by atoms with van der Waals surface area (Å²) in [6.07, 6.45) is 5.56. The van der Waals surface area contributed by atoms with Crippen LogP contribution in [0.2, 0.25) is 0 Å². The van der Waals surface area contributed by atoms with Crippen molar-refractivity contribution >= 4 is 21.9 Å². The molecule has 0 spiro atoms. The zero-order valence-electron chi connectivity index (χ0n) is 19.5. The van der Waals surface area contributed by atoms with Crippen molar-refractivity contribution in [2.75, 3.05) is 4.90 Å². The second kappa shape index (κ2) is 11.5. The number of amides is 1. The predicted octanol–water partition coefficient (Wildman–Crippen LogP) is 6.39. The summed E-state index contributed by atoms with van der Waals surface area (Å²) in [4.78, 5) is 14.4. The van der Waals surface area contributed by atoms with Gasteiger partial charge in [-0.1, -0.05) is 69.0 Å². The van der Waals surface area contributed by atoms with Crippen LogP contribution in [0.3, 0.4) is 0 Å². The smallest absolute Gasteiger partial charge is 0.415 e. The zero-order valence-corrected chi connectivity index (χ0v) is 20.3.